The van der Waals surface area contributed by atoms with Crippen molar-refractivity contribution in [1.82, 2.24) is 19.8 Å². The Hall–Kier alpha value is -2.30. The van der Waals surface area contributed by atoms with E-state index in [0.717, 1.165) is 37.9 Å². The Bertz CT molecular complexity index is 734. The van der Waals surface area contributed by atoms with Gasteiger partial charge in [-0.2, -0.15) is 0 Å². The van der Waals surface area contributed by atoms with Gasteiger partial charge in [-0.15, -0.1) is 0 Å². The number of hydrogen-bond donors (Lipinski definition) is 1. The highest BCUT2D eigenvalue weighted by Crippen LogP contribution is 2.40. The summed E-state index contributed by atoms with van der Waals surface area (Å²) in [7, 11) is 1.95. The molecule has 5 heteroatoms. The molecule has 1 fully saturated rings. The van der Waals surface area contributed by atoms with E-state index >= 15 is 0 Å². The Kier molecular flexibility index (Phi) is 4.00. The third-order valence-corrected chi connectivity index (χ3v) is 5.17. The van der Waals surface area contributed by atoms with Gasteiger partial charge < -0.3 is 14.8 Å². The van der Waals surface area contributed by atoms with Crippen LogP contribution in [0.15, 0.2) is 36.7 Å². The predicted octanol–water partition coefficient (Wildman–Crippen LogP) is 3.17. The number of imidazole rings is 1. The van der Waals surface area contributed by atoms with Gasteiger partial charge in [0.25, 0.3) is 0 Å². The van der Waals surface area contributed by atoms with E-state index in [-0.39, 0.29) is 12.1 Å². The van der Waals surface area contributed by atoms with Gasteiger partial charge in [-0.05, 0) is 43.2 Å². The van der Waals surface area contributed by atoms with Crippen LogP contribution in [0.1, 0.15) is 48.7 Å². The van der Waals surface area contributed by atoms with Gasteiger partial charge in [-0.3, -0.25) is 0 Å². The number of rotatable bonds is 4. The number of nitrogens with zero attached hydrogens (tertiary/aromatic N) is 3. The third kappa shape index (κ3) is 2.90. The number of carbonyl (C=O) groups is 1. The van der Waals surface area contributed by atoms with E-state index in [0.29, 0.717) is 12.6 Å². The number of carbonyl (C=O) groups excluding carboxylic acids is 1. The number of nitrogens with one attached hydrogen (secondary N) is 1. The maximum atomic E-state index is 12.9. The van der Waals surface area contributed by atoms with Crippen molar-refractivity contribution < 1.29 is 4.79 Å². The van der Waals surface area contributed by atoms with Crippen molar-refractivity contribution in [2.45, 2.75) is 50.7 Å². The molecule has 1 saturated carbocycles. The lowest BCUT2D eigenvalue weighted by Gasteiger charge is -2.36. The van der Waals surface area contributed by atoms with Crippen LogP contribution in [-0.2, 0) is 20.0 Å². The fourth-order valence-corrected chi connectivity index (χ4v) is 3.74. The van der Waals surface area contributed by atoms with Gasteiger partial charge in [0.1, 0.15) is 5.82 Å². The molecule has 2 amide bonds. The first kappa shape index (κ1) is 15.2. The topological polar surface area (TPSA) is 50.2 Å². The fourth-order valence-electron chi connectivity index (χ4n) is 3.74. The average molecular weight is 324 g/mol. The summed E-state index contributed by atoms with van der Waals surface area (Å²) in [6.45, 7) is 0.472. The van der Waals surface area contributed by atoms with E-state index in [2.05, 4.69) is 39.5 Å². The molecule has 24 heavy (non-hydrogen) atoms. The van der Waals surface area contributed by atoms with Gasteiger partial charge >= 0.3 is 6.03 Å². The molecule has 4 rings (SSSR count). The standard InChI is InChI=1S/C19H24N4O/c1-22-12-11-20-18(22)13-21-19(24)23(15-9-10-15)17-8-4-6-14-5-2-3-7-16(14)17/h2-3,5,7,11-12,15,17H,4,6,8-10,13H2,1H3,(H,21,24)/t17-/m1/s1. The van der Waals surface area contributed by atoms with Crippen molar-refractivity contribution in [3.63, 3.8) is 0 Å². The van der Waals surface area contributed by atoms with Gasteiger partial charge in [0.05, 0.1) is 12.6 Å². The van der Waals surface area contributed by atoms with Crippen molar-refractivity contribution in [3.8, 4) is 0 Å². The monoisotopic (exact) mass is 324 g/mol. The molecular formula is C19H24N4O. The van der Waals surface area contributed by atoms with E-state index in [4.69, 9.17) is 0 Å². The number of amides is 2. The average Bonchev–Trinajstić information content (AvgIpc) is 3.35. The maximum Gasteiger partial charge on any atom is 0.318 e. The van der Waals surface area contributed by atoms with Crippen LogP contribution in [0.4, 0.5) is 4.79 Å². The zero-order valence-electron chi connectivity index (χ0n) is 14.1. The molecule has 5 nitrogen and oxygen atoms in total. The molecule has 1 aromatic carbocycles. The summed E-state index contributed by atoms with van der Waals surface area (Å²) in [5.74, 6) is 0.878. The van der Waals surface area contributed by atoms with Crippen LogP contribution in [0.2, 0.25) is 0 Å². The lowest BCUT2D eigenvalue weighted by atomic mass is 9.87. The highest BCUT2D eigenvalue weighted by Gasteiger charge is 2.39. The number of aryl methyl sites for hydroxylation is 2. The van der Waals surface area contributed by atoms with Gasteiger partial charge in [0, 0.05) is 25.5 Å². The molecule has 1 heterocycles. The van der Waals surface area contributed by atoms with Crippen molar-refractivity contribution in [1.29, 1.82) is 0 Å². The Morgan fingerprint density at radius 1 is 1.33 bits per heavy atom. The number of benzene rings is 1. The van der Waals surface area contributed by atoms with Crippen LogP contribution in [0.25, 0.3) is 0 Å². The maximum absolute atomic E-state index is 12.9. The number of aromatic nitrogens is 2. The lowest BCUT2D eigenvalue weighted by Crippen LogP contribution is -2.44. The summed E-state index contributed by atoms with van der Waals surface area (Å²) in [5.41, 5.74) is 2.74. The van der Waals surface area contributed by atoms with Gasteiger partial charge in [-0.1, -0.05) is 24.3 Å². The van der Waals surface area contributed by atoms with Crippen LogP contribution in [-0.4, -0.2) is 26.5 Å². The van der Waals surface area contributed by atoms with Gasteiger partial charge in [-0.25, -0.2) is 9.78 Å². The Morgan fingerprint density at radius 2 is 2.17 bits per heavy atom. The minimum atomic E-state index is 0.0437. The largest absolute Gasteiger partial charge is 0.337 e. The molecule has 1 N–H and O–H groups in total. The predicted molar refractivity (Wildman–Crippen MR) is 92.4 cm³/mol. The SMILES string of the molecule is Cn1ccnc1CNC(=O)N(C1CC1)[C@@H]1CCCc2ccccc21. The van der Waals surface area contributed by atoms with Crippen LogP contribution in [0.5, 0.6) is 0 Å². The molecule has 2 aliphatic carbocycles. The lowest BCUT2D eigenvalue weighted by molar-refractivity contribution is 0.161. The second-order valence-corrected chi connectivity index (χ2v) is 6.86. The molecule has 1 aromatic heterocycles. The molecule has 0 radical (unpaired) electrons. The van der Waals surface area contributed by atoms with E-state index in [9.17, 15) is 4.79 Å². The van der Waals surface area contributed by atoms with E-state index in [1.54, 1.807) is 6.20 Å². The summed E-state index contributed by atoms with van der Waals surface area (Å²) < 4.78 is 1.94. The second kappa shape index (κ2) is 6.30. The highest BCUT2D eigenvalue weighted by atomic mass is 16.2. The van der Waals surface area contributed by atoms with Gasteiger partial charge in [0.2, 0.25) is 0 Å². The summed E-state index contributed by atoms with van der Waals surface area (Å²) in [4.78, 5) is 19.3. The molecule has 0 unspecified atom stereocenters. The fraction of sp³-hybridized carbons (Fsp3) is 0.474. The number of urea groups is 1. The van der Waals surface area contributed by atoms with Crippen LogP contribution < -0.4 is 5.32 Å². The third-order valence-electron chi connectivity index (χ3n) is 5.17. The van der Waals surface area contributed by atoms with Crippen molar-refractivity contribution in [2.75, 3.05) is 0 Å². The zero-order chi connectivity index (χ0) is 16.5. The first-order valence-electron chi connectivity index (χ1n) is 8.84. The first-order chi connectivity index (χ1) is 11.7. The van der Waals surface area contributed by atoms with Crippen LogP contribution >= 0.6 is 0 Å². The molecule has 126 valence electrons. The Balaban J connectivity index is 1.53. The van der Waals surface area contributed by atoms with Crippen molar-refractivity contribution in [2.24, 2.45) is 7.05 Å². The van der Waals surface area contributed by atoms with E-state index in [1.165, 1.54) is 11.1 Å². The highest BCUT2D eigenvalue weighted by molar-refractivity contribution is 5.75. The van der Waals surface area contributed by atoms with Crippen molar-refractivity contribution in [3.05, 3.63) is 53.6 Å². The number of fused-ring (bicyclic) bond motifs is 1. The molecule has 0 spiro atoms. The summed E-state index contributed by atoms with van der Waals surface area (Å²) >= 11 is 0. The summed E-state index contributed by atoms with van der Waals surface area (Å²) in [6.07, 6.45) is 9.24. The van der Waals surface area contributed by atoms with E-state index < -0.39 is 0 Å². The van der Waals surface area contributed by atoms with Crippen LogP contribution in [0.3, 0.4) is 0 Å². The van der Waals surface area contributed by atoms with Gasteiger partial charge in [0.15, 0.2) is 0 Å². The molecular weight excluding hydrogens is 300 g/mol. The second-order valence-electron chi connectivity index (χ2n) is 6.86. The molecule has 0 saturated heterocycles. The molecule has 0 aliphatic heterocycles. The summed E-state index contributed by atoms with van der Waals surface area (Å²) in [6, 6.07) is 9.24. The molecule has 1 atom stereocenters. The summed E-state index contributed by atoms with van der Waals surface area (Å²) in [5, 5.41) is 3.08. The number of hydrogen-bond acceptors (Lipinski definition) is 2. The Morgan fingerprint density at radius 3 is 2.92 bits per heavy atom. The minimum Gasteiger partial charge on any atom is -0.337 e. The van der Waals surface area contributed by atoms with Crippen molar-refractivity contribution >= 4 is 6.03 Å². The smallest absolute Gasteiger partial charge is 0.318 e. The Labute approximate surface area is 142 Å². The molecule has 2 aromatic rings. The first-order valence-corrected chi connectivity index (χ1v) is 8.84. The minimum absolute atomic E-state index is 0.0437. The molecule has 0 bridgehead atoms. The van der Waals surface area contributed by atoms with E-state index in [1.807, 2.05) is 17.8 Å². The van der Waals surface area contributed by atoms with Crippen LogP contribution in [0, 0.1) is 0 Å². The zero-order valence-corrected chi connectivity index (χ0v) is 14.1. The quantitative estimate of drug-likeness (QED) is 0.939. The molecule has 2 aliphatic rings. The normalized spacial score (nSPS) is 19.6.